The van der Waals surface area contributed by atoms with Crippen molar-refractivity contribution in [1.82, 2.24) is 15.5 Å². The highest BCUT2D eigenvalue weighted by Gasteiger charge is 2.31. The van der Waals surface area contributed by atoms with Crippen molar-refractivity contribution in [2.24, 2.45) is 0 Å². The van der Waals surface area contributed by atoms with E-state index in [1.165, 1.54) is 0 Å². The van der Waals surface area contributed by atoms with Gasteiger partial charge in [0.15, 0.2) is 0 Å². The molecule has 3 amide bonds. The number of anilines is 1. The van der Waals surface area contributed by atoms with Crippen LogP contribution < -0.4 is 15.5 Å². The van der Waals surface area contributed by atoms with Gasteiger partial charge in [-0.15, -0.1) is 0 Å². The van der Waals surface area contributed by atoms with Crippen molar-refractivity contribution in [3.05, 3.63) is 29.8 Å². The van der Waals surface area contributed by atoms with Gasteiger partial charge >= 0.3 is 6.03 Å². The number of nitrogens with zero attached hydrogens (tertiary/aromatic N) is 3. The molecule has 2 fully saturated rings. The summed E-state index contributed by atoms with van der Waals surface area (Å²) in [6.07, 6.45) is 0.833. The second-order valence-electron chi connectivity index (χ2n) is 5.70. The minimum Gasteiger partial charge on any atom is -0.369 e. The lowest BCUT2D eigenvalue weighted by molar-refractivity contribution is -0.132. The molecule has 7 heteroatoms. The smallest absolute Gasteiger partial charge is 0.315 e. The third kappa shape index (κ3) is 3.21. The molecule has 23 heavy (non-hydrogen) atoms. The van der Waals surface area contributed by atoms with Crippen LogP contribution in [0.3, 0.4) is 0 Å². The van der Waals surface area contributed by atoms with Gasteiger partial charge in [0.2, 0.25) is 5.91 Å². The van der Waals surface area contributed by atoms with Crippen LogP contribution >= 0.6 is 0 Å². The number of nitrogens with one attached hydrogen (secondary N) is 2. The van der Waals surface area contributed by atoms with Gasteiger partial charge in [0.05, 0.1) is 11.3 Å². The Labute approximate surface area is 134 Å². The predicted octanol–water partition coefficient (Wildman–Crippen LogP) is 0.278. The summed E-state index contributed by atoms with van der Waals surface area (Å²) in [5, 5.41) is 14.5. The summed E-state index contributed by atoms with van der Waals surface area (Å²) >= 11 is 0. The molecule has 2 saturated heterocycles. The summed E-state index contributed by atoms with van der Waals surface area (Å²) in [5.41, 5.74) is 1.57. The molecule has 1 aromatic rings. The van der Waals surface area contributed by atoms with E-state index in [0.29, 0.717) is 31.7 Å². The third-order valence-electron chi connectivity index (χ3n) is 4.24. The van der Waals surface area contributed by atoms with Crippen LogP contribution in [0.2, 0.25) is 0 Å². The van der Waals surface area contributed by atoms with E-state index in [1.807, 2.05) is 24.3 Å². The van der Waals surface area contributed by atoms with Crippen LogP contribution in [0.25, 0.3) is 0 Å². The molecule has 2 aliphatic heterocycles. The van der Waals surface area contributed by atoms with Crippen molar-refractivity contribution in [1.29, 1.82) is 5.26 Å². The topological polar surface area (TPSA) is 88.5 Å². The molecule has 0 aliphatic carbocycles. The zero-order chi connectivity index (χ0) is 16.2. The highest BCUT2D eigenvalue weighted by atomic mass is 16.2. The lowest BCUT2D eigenvalue weighted by atomic mass is 10.1. The van der Waals surface area contributed by atoms with Crippen molar-refractivity contribution >= 4 is 17.6 Å². The van der Waals surface area contributed by atoms with Gasteiger partial charge in [0.25, 0.3) is 0 Å². The molecule has 0 radical (unpaired) electrons. The van der Waals surface area contributed by atoms with E-state index in [-0.39, 0.29) is 11.9 Å². The minimum atomic E-state index is -0.472. The molecule has 1 atom stereocenters. The highest BCUT2D eigenvalue weighted by molar-refractivity contribution is 5.90. The maximum Gasteiger partial charge on any atom is 0.315 e. The Kier molecular flexibility index (Phi) is 4.33. The van der Waals surface area contributed by atoms with Gasteiger partial charge in [-0.2, -0.15) is 5.26 Å². The van der Waals surface area contributed by atoms with Crippen LogP contribution in [-0.2, 0) is 4.79 Å². The molecule has 1 unspecified atom stereocenters. The van der Waals surface area contributed by atoms with Crippen molar-refractivity contribution in [3.8, 4) is 6.07 Å². The molecule has 1 aromatic carbocycles. The number of benzene rings is 1. The fourth-order valence-corrected chi connectivity index (χ4v) is 3.05. The second-order valence-corrected chi connectivity index (χ2v) is 5.70. The van der Waals surface area contributed by atoms with Crippen molar-refractivity contribution < 1.29 is 9.59 Å². The first-order valence-electron chi connectivity index (χ1n) is 7.76. The maximum absolute atomic E-state index is 12.5. The van der Waals surface area contributed by atoms with Gasteiger partial charge in [-0.1, -0.05) is 12.1 Å². The Morgan fingerprint density at radius 1 is 1.22 bits per heavy atom. The molecule has 120 valence electrons. The van der Waals surface area contributed by atoms with Crippen LogP contribution in [0.4, 0.5) is 10.5 Å². The molecule has 2 N–H and O–H groups in total. The molecule has 2 heterocycles. The molecule has 0 spiro atoms. The monoisotopic (exact) mass is 313 g/mol. The Bertz CT molecular complexity index is 654. The number of hydrogen-bond donors (Lipinski definition) is 2. The Morgan fingerprint density at radius 2 is 2.04 bits per heavy atom. The Balaban J connectivity index is 1.66. The number of para-hydroxylation sites is 1. The van der Waals surface area contributed by atoms with Crippen molar-refractivity contribution in [2.75, 3.05) is 37.6 Å². The molecule has 7 nitrogen and oxygen atoms in total. The number of amides is 3. The van der Waals surface area contributed by atoms with E-state index in [0.717, 1.165) is 18.7 Å². The predicted molar refractivity (Wildman–Crippen MR) is 84.9 cm³/mol. The number of carbonyl (C=O) groups is 2. The van der Waals surface area contributed by atoms with Gasteiger partial charge in [-0.3, -0.25) is 4.79 Å². The van der Waals surface area contributed by atoms with E-state index in [9.17, 15) is 14.9 Å². The lowest BCUT2D eigenvalue weighted by Crippen LogP contribution is -2.46. The average Bonchev–Trinajstić information content (AvgIpc) is 2.87. The molecule has 0 saturated carbocycles. The van der Waals surface area contributed by atoms with Crippen LogP contribution in [0.15, 0.2) is 24.3 Å². The molecule has 0 bridgehead atoms. The normalized spacial score (nSPS) is 21.2. The van der Waals surface area contributed by atoms with Crippen LogP contribution in [0, 0.1) is 11.3 Å². The van der Waals surface area contributed by atoms with Gasteiger partial charge in [-0.25, -0.2) is 4.79 Å². The molecular weight excluding hydrogens is 294 g/mol. The lowest BCUT2D eigenvalue weighted by Gasteiger charge is -2.25. The summed E-state index contributed by atoms with van der Waals surface area (Å²) in [5.74, 6) is -0.0428. The first kappa shape index (κ1) is 15.2. The molecule has 0 aromatic heterocycles. The van der Waals surface area contributed by atoms with Gasteiger partial charge in [-0.05, 0) is 18.6 Å². The van der Waals surface area contributed by atoms with Gasteiger partial charge in [0, 0.05) is 32.7 Å². The van der Waals surface area contributed by atoms with E-state index >= 15 is 0 Å². The zero-order valence-electron chi connectivity index (χ0n) is 12.8. The highest BCUT2D eigenvalue weighted by Crippen LogP contribution is 2.21. The number of rotatable bonds is 2. The van der Waals surface area contributed by atoms with E-state index in [4.69, 9.17) is 0 Å². The molecular formula is C16H19N5O2. The average molecular weight is 313 g/mol. The summed E-state index contributed by atoms with van der Waals surface area (Å²) in [6.45, 7) is 3.08. The Morgan fingerprint density at radius 3 is 2.78 bits per heavy atom. The SMILES string of the molecule is N#Cc1ccccc1N1CCCN(C(=O)C2CNC(=O)N2)CC1. The number of nitriles is 1. The summed E-state index contributed by atoms with van der Waals surface area (Å²) in [7, 11) is 0. The van der Waals surface area contributed by atoms with E-state index < -0.39 is 6.04 Å². The van der Waals surface area contributed by atoms with E-state index in [2.05, 4.69) is 21.6 Å². The first-order chi connectivity index (χ1) is 11.2. The van der Waals surface area contributed by atoms with E-state index in [1.54, 1.807) is 4.90 Å². The van der Waals surface area contributed by atoms with Crippen LogP contribution in [0.5, 0.6) is 0 Å². The maximum atomic E-state index is 12.5. The standard InChI is InChI=1S/C16H19N5O2/c17-10-12-4-1-2-5-14(12)20-6-3-7-21(9-8-20)15(22)13-11-18-16(23)19-13/h1-2,4-5,13H,3,6-9,11H2,(H2,18,19,23). The third-order valence-corrected chi connectivity index (χ3v) is 4.24. The quantitative estimate of drug-likeness (QED) is 0.821. The summed E-state index contributed by atoms with van der Waals surface area (Å²) in [4.78, 5) is 27.6. The number of carbonyl (C=O) groups excluding carboxylic acids is 2. The molecule has 2 aliphatic rings. The van der Waals surface area contributed by atoms with Gasteiger partial charge < -0.3 is 20.4 Å². The first-order valence-corrected chi connectivity index (χ1v) is 7.76. The zero-order valence-corrected chi connectivity index (χ0v) is 12.8. The van der Waals surface area contributed by atoms with Gasteiger partial charge in [0.1, 0.15) is 12.1 Å². The minimum absolute atomic E-state index is 0.0428. The number of urea groups is 1. The van der Waals surface area contributed by atoms with Crippen molar-refractivity contribution in [3.63, 3.8) is 0 Å². The Hall–Kier alpha value is -2.75. The second kappa shape index (κ2) is 6.57. The van der Waals surface area contributed by atoms with Crippen LogP contribution in [-0.4, -0.2) is 55.6 Å². The largest absolute Gasteiger partial charge is 0.369 e. The fraction of sp³-hybridized carbons (Fsp3) is 0.438. The van der Waals surface area contributed by atoms with Crippen LogP contribution in [0.1, 0.15) is 12.0 Å². The number of hydrogen-bond acceptors (Lipinski definition) is 4. The fourth-order valence-electron chi connectivity index (χ4n) is 3.05. The van der Waals surface area contributed by atoms with Crippen molar-refractivity contribution in [2.45, 2.75) is 12.5 Å². The molecule has 3 rings (SSSR count). The summed E-state index contributed by atoms with van der Waals surface area (Å²) < 4.78 is 0. The summed E-state index contributed by atoms with van der Waals surface area (Å²) in [6, 6.07) is 8.98.